The first-order valence-electron chi connectivity index (χ1n) is 6.94. The second kappa shape index (κ2) is 5.81. The van der Waals surface area contributed by atoms with Crippen molar-refractivity contribution in [1.82, 2.24) is 4.57 Å². The summed E-state index contributed by atoms with van der Waals surface area (Å²) >= 11 is 0. The summed E-state index contributed by atoms with van der Waals surface area (Å²) in [6.45, 7) is 0.307. The smallest absolute Gasteiger partial charge is 0.408 e. The average Bonchev–Trinajstić information content (AvgIpc) is 2.84. The highest BCUT2D eigenvalue weighted by atomic mass is 32.2. The molecule has 3 rings (SSSR count). The SMILES string of the molecule is O=c1oc2ccccc2n1CCCS(=O)(=O)c1ccccc1. The lowest BCUT2D eigenvalue weighted by Crippen LogP contribution is -2.17. The number of oxazole rings is 1. The molecular formula is C16H15NO4S. The summed E-state index contributed by atoms with van der Waals surface area (Å²) < 4.78 is 31.0. The van der Waals surface area contributed by atoms with Crippen molar-refractivity contribution >= 4 is 20.9 Å². The Bertz CT molecular complexity index is 939. The van der Waals surface area contributed by atoms with Gasteiger partial charge in [-0.3, -0.25) is 4.57 Å². The quantitative estimate of drug-likeness (QED) is 0.725. The topological polar surface area (TPSA) is 69.3 Å². The zero-order valence-electron chi connectivity index (χ0n) is 11.8. The van der Waals surface area contributed by atoms with Crippen molar-refractivity contribution in [1.29, 1.82) is 0 Å². The lowest BCUT2D eigenvalue weighted by molar-refractivity contribution is 0.501. The Morgan fingerprint density at radius 3 is 2.41 bits per heavy atom. The first-order valence-corrected chi connectivity index (χ1v) is 8.59. The van der Waals surface area contributed by atoms with E-state index in [1.807, 2.05) is 6.07 Å². The number of benzene rings is 2. The third kappa shape index (κ3) is 2.82. The molecule has 0 bridgehead atoms. The number of aromatic nitrogens is 1. The van der Waals surface area contributed by atoms with Gasteiger partial charge < -0.3 is 4.42 Å². The van der Waals surface area contributed by atoms with E-state index in [0.29, 0.717) is 29.0 Å². The van der Waals surface area contributed by atoms with Crippen LogP contribution in [0.4, 0.5) is 0 Å². The van der Waals surface area contributed by atoms with Crippen molar-refractivity contribution in [2.24, 2.45) is 0 Å². The van der Waals surface area contributed by atoms with Gasteiger partial charge in [0, 0.05) is 6.54 Å². The van der Waals surface area contributed by atoms with Crippen LogP contribution in [0.1, 0.15) is 6.42 Å². The number of nitrogens with zero attached hydrogens (tertiary/aromatic N) is 1. The van der Waals surface area contributed by atoms with Gasteiger partial charge in [-0.05, 0) is 30.7 Å². The molecule has 1 aromatic heterocycles. The molecule has 0 unspecified atom stereocenters. The number of fused-ring (bicyclic) bond motifs is 1. The Morgan fingerprint density at radius 2 is 1.64 bits per heavy atom. The molecule has 3 aromatic rings. The summed E-state index contributed by atoms with van der Waals surface area (Å²) in [7, 11) is -3.33. The number of hydrogen-bond donors (Lipinski definition) is 0. The highest BCUT2D eigenvalue weighted by molar-refractivity contribution is 7.91. The van der Waals surface area contributed by atoms with E-state index in [4.69, 9.17) is 4.42 Å². The van der Waals surface area contributed by atoms with Crippen molar-refractivity contribution in [3.63, 3.8) is 0 Å². The van der Waals surface area contributed by atoms with E-state index in [1.54, 1.807) is 48.5 Å². The van der Waals surface area contributed by atoms with Crippen molar-refractivity contribution in [3.05, 3.63) is 65.1 Å². The lowest BCUT2D eigenvalue weighted by atomic mass is 10.3. The number of para-hydroxylation sites is 2. The van der Waals surface area contributed by atoms with Crippen LogP contribution < -0.4 is 5.76 Å². The predicted molar refractivity (Wildman–Crippen MR) is 83.6 cm³/mol. The van der Waals surface area contributed by atoms with Crippen molar-refractivity contribution in [2.45, 2.75) is 17.9 Å². The van der Waals surface area contributed by atoms with E-state index in [1.165, 1.54) is 4.57 Å². The predicted octanol–water partition coefficient (Wildman–Crippen LogP) is 2.46. The first kappa shape index (κ1) is 14.6. The fourth-order valence-corrected chi connectivity index (χ4v) is 3.70. The Labute approximate surface area is 127 Å². The Hall–Kier alpha value is -2.34. The van der Waals surface area contributed by atoms with Crippen LogP contribution in [0.25, 0.3) is 11.1 Å². The molecule has 0 saturated heterocycles. The van der Waals surface area contributed by atoms with Crippen molar-refractivity contribution in [3.8, 4) is 0 Å². The maximum Gasteiger partial charge on any atom is 0.419 e. The van der Waals surface area contributed by atoms with Gasteiger partial charge in [-0.15, -0.1) is 0 Å². The van der Waals surface area contributed by atoms with Crippen LogP contribution in [-0.4, -0.2) is 18.7 Å². The molecule has 22 heavy (non-hydrogen) atoms. The van der Waals surface area contributed by atoms with Crippen LogP contribution >= 0.6 is 0 Å². The normalized spacial score (nSPS) is 11.8. The molecular weight excluding hydrogens is 302 g/mol. The van der Waals surface area contributed by atoms with Gasteiger partial charge in [0.2, 0.25) is 0 Å². The minimum Gasteiger partial charge on any atom is -0.408 e. The highest BCUT2D eigenvalue weighted by Crippen LogP contribution is 2.14. The van der Waals surface area contributed by atoms with Gasteiger partial charge in [0.1, 0.15) is 0 Å². The number of sulfone groups is 1. The van der Waals surface area contributed by atoms with Crippen LogP contribution in [0.5, 0.6) is 0 Å². The average molecular weight is 317 g/mol. The van der Waals surface area contributed by atoms with Gasteiger partial charge in [-0.2, -0.15) is 0 Å². The largest absolute Gasteiger partial charge is 0.419 e. The molecule has 0 amide bonds. The van der Waals surface area contributed by atoms with Gasteiger partial charge in [0.25, 0.3) is 0 Å². The van der Waals surface area contributed by atoms with Crippen molar-refractivity contribution in [2.75, 3.05) is 5.75 Å². The van der Waals surface area contributed by atoms with E-state index >= 15 is 0 Å². The Kier molecular flexibility index (Phi) is 3.85. The molecule has 0 saturated carbocycles. The van der Waals surface area contributed by atoms with E-state index in [2.05, 4.69) is 0 Å². The second-order valence-electron chi connectivity index (χ2n) is 4.97. The molecule has 5 nitrogen and oxygen atoms in total. The first-order chi connectivity index (χ1) is 10.6. The molecule has 0 atom stereocenters. The number of rotatable bonds is 5. The summed E-state index contributed by atoms with van der Waals surface area (Å²) in [5.74, 6) is -0.471. The van der Waals surface area contributed by atoms with E-state index in [9.17, 15) is 13.2 Å². The molecule has 114 valence electrons. The van der Waals surface area contributed by atoms with Gasteiger partial charge in [-0.1, -0.05) is 30.3 Å². The molecule has 0 fully saturated rings. The van der Waals surface area contributed by atoms with Crippen LogP contribution in [0.15, 0.2) is 68.7 Å². The number of aryl methyl sites for hydroxylation is 1. The minimum absolute atomic E-state index is 0.0110. The van der Waals surface area contributed by atoms with Gasteiger partial charge in [-0.25, -0.2) is 13.2 Å². The van der Waals surface area contributed by atoms with Gasteiger partial charge in [0.15, 0.2) is 15.4 Å². The molecule has 0 aliphatic rings. The zero-order valence-corrected chi connectivity index (χ0v) is 12.6. The molecule has 1 heterocycles. The van der Waals surface area contributed by atoms with E-state index in [0.717, 1.165) is 0 Å². The number of hydrogen-bond acceptors (Lipinski definition) is 4. The van der Waals surface area contributed by atoms with E-state index in [-0.39, 0.29) is 5.75 Å². The lowest BCUT2D eigenvalue weighted by Gasteiger charge is -2.05. The molecule has 0 spiro atoms. The standard InChI is InChI=1S/C16H15NO4S/c18-16-17(14-9-4-5-10-15(14)21-16)11-6-12-22(19,20)13-7-2-1-3-8-13/h1-5,7-10H,6,11-12H2. The fraction of sp³-hybridized carbons (Fsp3) is 0.188. The van der Waals surface area contributed by atoms with Crippen LogP contribution in [0.2, 0.25) is 0 Å². The molecule has 2 aromatic carbocycles. The van der Waals surface area contributed by atoms with Gasteiger partial charge >= 0.3 is 5.76 Å². The minimum atomic E-state index is -3.33. The zero-order chi connectivity index (χ0) is 15.6. The molecule has 0 N–H and O–H groups in total. The fourth-order valence-electron chi connectivity index (χ4n) is 2.38. The summed E-state index contributed by atoms with van der Waals surface area (Å²) in [6.07, 6.45) is 0.348. The molecule has 0 aliphatic heterocycles. The summed E-state index contributed by atoms with van der Waals surface area (Å²) in [4.78, 5) is 12.1. The highest BCUT2D eigenvalue weighted by Gasteiger charge is 2.15. The molecule has 6 heteroatoms. The Balaban J connectivity index is 1.76. The Morgan fingerprint density at radius 1 is 0.955 bits per heavy atom. The summed E-state index contributed by atoms with van der Waals surface area (Å²) in [6, 6.07) is 15.4. The maximum absolute atomic E-state index is 12.2. The summed E-state index contributed by atoms with van der Waals surface area (Å²) in [5, 5.41) is 0. The third-order valence-corrected chi connectivity index (χ3v) is 5.29. The molecule has 0 aliphatic carbocycles. The monoisotopic (exact) mass is 317 g/mol. The van der Waals surface area contributed by atoms with Gasteiger partial charge in [0.05, 0.1) is 16.2 Å². The van der Waals surface area contributed by atoms with Crippen LogP contribution in [0.3, 0.4) is 0 Å². The second-order valence-corrected chi connectivity index (χ2v) is 7.08. The van der Waals surface area contributed by atoms with Crippen LogP contribution in [0, 0.1) is 0 Å². The van der Waals surface area contributed by atoms with E-state index < -0.39 is 15.6 Å². The van der Waals surface area contributed by atoms with Crippen molar-refractivity contribution < 1.29 is 12.8 Å². The van der Waals surface area contributed by atoms with Crippen LogP contribution in [-0.2, 0) is 16.4 Å². The molecule has 0 radical (unpaired) electrons. The maximum atomic E-state index is 12.2. The third-order valence-electron chi connectivity index (χ3n) is 3.47. The summed E-state index contributed by atoms with van der Waals surface area (Å²) in [5.41, 5.74) is 1.20.